The van der Waals surface area contributed by atoms with E-state index in [0.29, 0.717) is 47.4 Å². The van der Waals surface area contributed by atoms with Crippen LogP contribution >= 0.6 is 0 Å². The zero-order valence-electron chi connectivity index (χ0n) is 18.1. The van der Waals surface area contributed by atoms with Crippen LogP contribution in [0.3, 0.4) is 0 Å². The number of nitrogens with one attached hydrogen (secondary N) is 1. The summed E-state index contributed by atoms with van der Waals surface area (Å²) in [6.07, 6.45) is -0.737. The summed E-state index contributed by atoms with van der Waals surface area (Å²) in [6, 6.07) is 9.95. The zero-order valence-corrected chi connectivity index (χ0v) is 18.1. The molecule has 0 fully saturated rings. The molecule has 0 bridgehead atoms. The van der Waals surface area contributed by atoms with Crippen molar-refractivity contribution in [2.24, 2.45) is 0 Å². The molecular weight excluding hydrogens is 400 g/mol. The van der Waals surface area contributed by atoms with Gasteiger partial charge in [0, 0.05) is 17.3 Å². The van der Waals surface area contributed by atoms with Crippen LogP contribution in [0.1, 0.15) is 38.1 Å². The van der Waals surface area contributed by atoms with E-state index in [9.17, 15) is 14.4 Å². The molecule has 1 atom stereocenters. The van der Waals surface area contributed by atoms with Crippen molar-refractivity contribution < 1.29 is 28.6 Å². The lowest BCUT2D eigenvalue weighted by molar-refractivity contribution is -0.127. The van der Waals surface area contributed by atoms with Gasteiger partial charge in [0.1, 0.15) is 12.3 Å². The highest BCUT2D eigenvalue weighted by Crippen LogP contribution is 2.35. The fourth-order valence-electron chi connectivity index (χ4n) is 3.26. The monoisotopic (exact) mass is 426 g/mol. The SMILES string of the molecule is CCOc1ccc(NC(=O)CN2C(=O)C(C)Oc3ccc(C(C)=O)cc32)cc1OCC. The van der Waals surface area contributed by atoms with Gasteiger partial charge in [0.25, 0.3) is 5.91 Å². The molecule has 0 saturated carbocycles. The number of benzene rings is 2. The molecule has 8 nitrogen and oxygen atoms in total. The van der Waals surface area contributed by atoms with Crippen LogP contribution in [0.25, 0.3) is 0 Å². The number of ketones is 1. The highest BCUT2D eigenvalue weighted by Gasteiger charge is 2.33. The lowest BCUT2D eigenvalue weighted by Crippen LogP contribution is -2.47. The van der Waals surface area contributed by atoms with Crippen LogP contribution in [0, 0.1) is 0 Å². The van der Waals surface area contributed by atoms with Crippen molar-refractivity contribution in [3.8, 4) is 17.2 Å². The van der Waals surface area contributed by atoms with Gasteiger partial charge in [-0.2, -0.15) is 0 Å². The van der Waals surface area contributed by atoms with Gasteiger partial charge in [-0.1, -0.05) is 0 Å². The van der Waals surface area contributed by atoms with Gasteiger partial charge in [-0.15, -0.1) is 0 Å². The van der Waals surface area contributed by atoms with Crippen LogP contribution in [-0.4, -0.2) is 43.5 Å². The second-order valence-corrected chi connectivity index (χ2v) is 7.00. The Labute approximate surface area is 181 Å². The molecule has 1 heterocycles. The van der Waals surface area contributed by atoms with E-state index in [1.165, 1.54) is 11.8 Å². The quantitative estimate of drug-likeness (QED) is 0.650. The zero-order chi connectivity index (χ0) is 22.5. The normalized spacial score (nSPS) is 15.0. The van der Waals surface area contributed by atoms with Gasteiger partial charge in [-0.25, -0.2) is 0 Å². The second kappa shape index (κ2) is 9.51. The summed E-state index contributed by atoms with van der Waals surface area (Å²) < 4.78 is 16.7. The minimum absolute atomic E-state index is 0.142. The first-order valence-corrected chi connectivity index (χ1v) is 10.2. The van der Waals surface area contributed by atoms with E-state index in [-0.39, 0.29) is 18.2 Å². The van der Waals surface area contributed by atoms with Crippen LogP contribution in [0.15, 0.2) is 36.4 Å². The number of hydrogen-bond acceptors (Lipinski definition) is 6. The maximum absolute atomic E-state index is 12.8. The first-order chi connectivity index (χ1) is 14.8. The van der Waals surface area contributed by atoms with Gasteiger partial charge in [-0.3, -0.25) is 19.3 Å². The Morgan fingerprint density at radius 3 is 2.45 bits per heavy atom. The summed E-state index contributed by atoms with van der Waals surface area (Å²) in [5, 5.41) is 2.78. The minimum atomic E-state index is -0.737. The predicted octanol–water partition coefficient (Wildman–Crippen LogP) is 3.44. The highest BCUT2D eigenvalue weighted by atomic mass is 16.5. The van der Waals surface area contributed by atoms with Crippen molar-refractivity contribution >= 4 is 29.0 Å². The smallest absolute Gasteiger partial charge is 0.268 e. The average molecular weight is 426 g/mol. The van der Waals surface area contributed by atoms with Crippen LogP contribution in [0.2, 0.25) is 0 Å². The number of fused-ring (bicyclic) bond motifs is 1. The van der Waals surface area contributed by atoms with Gasteiger partial charge < -0.3 is 19.5 Å². The molecule has 0 aromatic heterocycles. The number of anilines is 2. The summed E-state index contributed by atoms with van der Waals surface area (Å²) in [7, 11) is 0. The van der Waals surface area contributed by atoms with Crippen molar-refractivity contribution in [1.82, 2.24) is 0 Å². The van der Waals surface area contributed by atoms with Crippen molar-refractivity contribution in [3.05, 3.63) is 42.0 Å². The topological polar surface area (TPSA) is 94.2 Å². The fraction of sp³-hybridized carbons (Fsp3) is 0.348. The van der Waals surface area contributed by atoms with Crippen molar-refractivity contribution in [2.75, 3.05) is 30.0 Å². The Kier molecular flexibility index (Phi) is 6.79. The van der Waals surface area contributed by atoms with Gasteiger partial charge >= 0.3 is 0 Å². The highest BCUT2D eigenvalue weighted by molar-refractivity contribution is 6.07. The van der Waals surface area contributed by atoms with E-state index in [1.54, 1.807) is 43.3 Å². The third kappa shape index (κ3) is 4.96. The maximum Gasteiger partial charge on any atom is 0.268 e. The fourth-order valence-corrected chi connectivity index (χ4v) is 3.26. The number of ether oxygens (including phenoxy) is 3. The number of amides is 2. The van der Waals surface area contributed by atoms with Crippen LogP contribution in [0.5, 0.6) is 17.2 Å². The average Bonchev–Trinajstić information content (AvgIpc) is 2.73. The van der Waals surface area contributed by atoms with Crippen LogP contribution < -0.4 is 24.4 Å². The number of carbonyl (C=O) groups excluding carboxylic acids is 3. The molecule has 1 aliphatic rings. The summed E-state index contributed by atoms with van der Waals surface area (Å²) >= 11 is 0. The number of carbonyl (C=O) groups is 3. The van der Waals surface area contributed by atoms with Crippen molar-refractivity contribution in [2.45, 2.75) is 33.8 Å². The third-order valence-corrected chi connectivity index (χ3v) is 4.70. The Balaban J connectivity index is 1.81. The molecule has 2 amide bonds. The summed E-state index contributed by atoms with van der Waals surface area (Å²) in [6.45, 7) is 7.51. The number of rotatable bonds is 8. The van der Waals surface area contributed by atoms with E-state index >= 15 is 0 Å². The second-order valence-electron chi connectivity index (χ2n) is 7.00. The molecule has 1 unspecified atom stereocenters. The van der Waals surface area contributed by atoms with Crippen molar-refractivity contribution in [3.63, 3.8) is 0 Å². The van der Waals surface area contributed by atoms with Crippen LogP contribution in [0.4, 0.5) is 11.4 Å². The maximum atomic E-state index is 12.8. The van der Waals surface area contributed by atoms with Gasteiger partial charge in [0.05, 0.1) is 18.9 Å². The molecule has 164 valence electrons. The van der Waals surface area contributed by atoms with Gasteiger partial charge in [0.2, 0.25) is 5.91 Å². The first kappa shape index (κ1) is 22.1. The Morgan fingerprint density at radius 1 is 1.06 bits per heavy atom. The Hall–Kier alpha value is -3.55. The minimum Gasteiger partial charge on any atom is -0.490 e. The summed E-state index contributed by atoms with van der Waals surface area (Å²) in [5.74, 6) is 0.666. The lowest BCUT2D eigenvalue weighted by Gasteiger charge is -2.32. The largest absolute Gasteiger partial charge is 0.490 e. The Morgan fingerprint density at radius 2 is 1.77 bits per heavy atom. The standard InChI is InChI=1S/C23H26N2O6/c1-5-29-20-10-8-17(12-21(20)30-6-2)24-22(27)13-25-18-11-16(14(3)26)7-9-19(18)31-15(4)23(25)28/h7-12,15H,5-6,13H2,1-4H3,(H,24,27). The summed E-state index contributed by atoms with van der Waals surface area (Å²) in [4.78, 5) is 38.6. The van der Waals surface area contributed by atoms with E-state index in [2.05, 4.69) is 5.32 Å². The molecule has 0 saturated heterocycles. The Bertz CT molecular complexity index is 1000. The first-order valence-electron chi connectivity index (χ1n) is 10.2. The molecule has 1 aliphatic heterocycles. The molecular formula is C23H26N2O6. The molecule has 2 aromatic rings. The molecule has 0 aliphatic carbocycles. The molecule has 0 spiro atoms. The van der Waals surface area contributed by atoms with E-state index < -0.39 is 12.0 Å². The van der Waals surface area contributed by atoms with Crippen molar-refractivity contribution in [1.29, 1.82) is 0 Å². The van der Waals surface area contributed by atoms with E-state index in [4.69, 9.17) is 14.2 Å². The van der Waals surface area contributed by atoms with Gasteiger partial charge in [-0.05, 0) is 58.0 Å². The van der Waals surface area contributed by atoms with E-state index in [0.717, 1.165) is 0 Å². The molecule has 8 heteroatoms. The molecule has 0 radical (unpaired) electrons. The molecule has 2 aromatic carbocycles. The molecule has 31 heavy (non-hydrogen) atoms. The number of hydrogen-bond donors (Lipinski definition) is 1. The van der Waals surface area contributed by atoms with Gasteiger partial charge in [0.15, 0.2) is 23.4 Å². The number of nitrogens with zero attached hydrogens (tertiary/aromatic N) is 1. The number of Topliss-reactive ketones (excluding diaryl/α,β-unsaturated/α-hetero) is 1. The summed E-state index contributed by atoms with van der Waals surface area (Å²) in [5.41, 5.74) is 1.35. The predicted molar refractivity (Wildman–Crippen MR) is 116 cm³/mol. The van der Waals surface area contributed by atoms with Crippen LogP contribution in [-0.2, 0) is 9.59 Å². The van der Waals surface area contributed by atoms with E-state index in [1.807, 2.05) is 13.8 Å². The molecule has 1 N–H and O–H groups in total. The third-order valence-electron chi connectivity index (χ3n) is 4.70. The lowest BCUT2D eigenvalue weighted by atomic mass is 10.1. The molecule has 3 rings (SSSR count).